The SMILES string of the molecule is Cc1cccc(CCNC(=O)c2cncc(C#N)c2)c1. The molecular weight excluding hydrogens is 250 g/mol. The zero-order chi connectivity index (χ0) is 14.4. The van der Waals surface area contributed by atoms with Crippen LogP contribution in [0.15, 0.2) is 42.7 Å². The molecular formula is C16H15N3O. The second-order valence-corrected chi connectivity index (χ2v) is 4.57. The Labute approximate surface area is 118 Å². The molecule has 2 aromatic rings. The number of aromatic nitrogens is 1. The minimum atomic E-state index is -0.206. The van der Waals surface area contributed by atoms with Crippen LogP contribution < -0.4 is 5.32 Å². The number of benzene rings is 1. The molecule has 4 nitrogen and oxygen atoms in total. The van der Waals surface area contributed by atoms with Gasteiger partial charge in [0.25, 0.3) is 5.91 Å². The molecule has 1 aromatic carbocycles. The molecule has 0 saturated heterocycles. The highest BCUT2D eigenvalue weighted by Crippen LogP contribution is 2.05. The Bertz CT molecular complexity index is 659. The second-order valence-electron chi connectivity index (χ2n) is 4.57. The smallest absolute Gasteiger partial charge is 0.252 e. The fraction of sp³-hybridized carbons (Fsp3) is 0.188. The van der Waals surface area contributed by atoms with E-state index in [1.165, 1.54) is 29.6 Å². The molecule has 2 rings (SSSR count). The Morgan fingerprint density at radius 2 is 2.20 bits per heavy atom. The van der Waals surface area contributed by atoms with E-state index in [-0.39, 0.29) is 5.91 Å². The average molecular weight is 265 g/mol. The van der Waals surface area contributed by atoms with E-state index in [0.29, 0.717) is 17.7 Å². The molecule has 4 heteroatoms. The lowest BCUT2D eigenvalue weighted by Gasteiger charge is -2.06. The first-order chi connectivity index (χ1) is 9.69. The topological polar surface area (TPSA) is 65.8 Å². The highest BCUT2D eigenvalue weighted by Gasteiger charge is 2.06. The van der Waals surface area contributed by atoms with Gasteiger partial charge in [-0.2, -0.15) is 5.26 Å². The Kier molecular flexibility index (Phi) is 4.46. The van der Waals surface area contributed by atoms with E-state index < -0.39 is 0 Å². The first-order valence-electron chi connectivity index (χ1n) is 6.38. The number of pyridine rings is 1. The van der Waals surface area contributed by atoms with Crippen molar-refractivity contribution in [2.24, 2.45) is 0 Å². The van der Waals surface area contributed by atoms with Crippen molar-refractivity contribution in [3.8, 4) is 6.07 Å². The van der Waals surface area contributed by atoms with Crippen LogP contribution in [0.25, 0.3) is 0 Å². The van der Waals surface area contributed by atoms with Crippen molar-refractivity contribution in [3.63, 3.8) is 0 Å². The van der Waals surface area contributed by atoms with Crippen LogP contribution in [-0.4, -0.2) is 17.4 Å². The third-order valence-corrected chi connectivity index (χ3v) is 2.91. The molecule has 0 aliphatic rings. The lowest BCUT2D eigenvalue weighted by molar-refractivity contribution is 0.0953. The number of nitriles is 1. The minimum Gasteiger partial charge on any atom is -0.352 e. The number of carbonyl (C=O) groups is 1. The number of aryl methyl sites for hydroxylation is 1. The molecule has 0 radical (unpaired) electrons. The summed E-state index contributed by atoms with van der Waals surface area (Å²) < 4.78 is 0. The maximum absolute atomic E-state index is 11.9. The van der Waals surface area contributed by atoms with Crippen LogP contribution in [0.3, 0.4) is 0 Å². The van der Waals surface area contributed by atoms with Gasteiger partial charge in [0, 0.05) is 18.9 Å². The van der Waals surface area contributed by atoms with Gasteiger partial charge in [0.1, 0.15) is 6.07 Å². The summed E-state index contributed by atoms with van der Waals surface area (Å²) in [5, 5.41) is 11.6. The lowest BCUT2D eigenvalue weighted by atomic mass is 10.1. The van der Waals surface area contributed by atoms with E-state index in [4.69, 9.17) is 5.26 Å². The summed E-state index contributed by atoms with van der Waals surface area (Å²) in [5.74, 6) is -0.206. The van der Waals surface area contributed by atoms with Gasteiger partial charge in [0.15, 0.2) is 0 Å². The van der Waals surface area contributed by atoms with Crippen LogP contribution >= 0.6 is 0 Å². The summed E-state index contributed by atoms with van der Waals surface area (Å²) in [7, 11) is 0. The van der Waals surface area contributed by atoms with Crippen LogP contribution in [0.1, 0.15) is 27.0 Å². The first-order valence-corrected chi connectivity index (χ1v) is 6.38. The Morgan fingerprint density at radius 1 is 1.35 bits per heavy atom. The van der Waals surface area contributed by atoms with Crippen LogP contribution in [0, 0.1) is 18.3 Å². The fourth-order valence-electron chi connectivity index (χ4n) is 1.92. The lowest BCUT2D eigenvalue weighted by Crippen LogP contribution is -2.25. The third-order valence-electron chi connectivity index (χ3n) is 2.91. The normalized spacial score (nSPS) is 9.80. The number of amides is 1. The molecule has 1 aromatic heterocycles. The molecule has 1 heterocycles. The van der Waals surface area contributed by atoms with Gasteiger partial charge in [0.05, 0.1) is 11.1 Å². The molecule has 0 unspecified atom stereocenters. The zero-order valence-electron chi connectivity index (χ0n) is 11.3. The van der Waals surface area contributed by atoms with Crippen LogP contribution in [0.2, 0.25) is 0 Å². The fourth-order valence-corrected chi connectivity index (χ4v) is 1.92. The molecule has 20 heavy (non-hydrogen) atoms. The summed E-state index contributed by atoms with van der Waals surface area (Å²) in [4.78, 5) is 15.8. The summed E-state index contributed by atoms with van der Waals surface area (Å²) >= 11 is 0. The number of carbonyl (C=O) groups excluding carboxylic acids is 1. The van der Waals surface area contributed by atoms with Crippen molar-refractivity contribution in [2.75, 3.05) is 6.54 Å². The number of rotatable bonds is 4. The highest BCUT2D eigenvalue weighted by molar-refractivity contribution is 5.94. The van der Waals surface area contributed by atoms with Crippen LogP contribution in [0.4, 0.5) is 0 Å². The third kappa shape index (κ3) is 3.66. The Hall–Kier alpha value is -2.67. The average Bonchev–Trinajstić information content (AvgIpc) is 2.47. The van der Waals surface area contributed by atoms with Gasteiger partial charge < -0.3 is 5.32 Å². The summed E-state index contributed by atoms with van der Waals surface area (Å²) in [6.45, 7) is 2.60. The molecule has 1 amide bonds. The number of hydrogen-bond acceptors (Lipinski definition) is 3. The maximum Gasteiger partial charge on any atom is 0.252 e. The molecule has 0 aliphatic heterocycles. The predicted molar refractivity (Wildman–Crippen MR) is 76.2 cm³/mol. The molecule has 0 saturated carbocycles. The molecule has 0 bridgehead atoms. The van der Waals surface area contributed by atoms with Gasteiger partial charge in [-0.15, -0.1) is 0 Å². The van der Waals surface area contributed by atoms with Gasteiger partial charge in [-0.25, -0.2) is 0 Å². The van der Waals surface area contributed by atoms with Crippen LogP contribution in [-0.2, 0) is 6.42 Å². The molecule has 0 fully saturated rings. The molecule has 0 atom stereocenters. The van der Waals surface area contributed by atoms with Crippen LogP contribution in [0.5, 0.6) is 0 Å². The Balaban J connectivity index is 1.91. The zero-order valence-corrected chi connectivity index (χ0v) is 11.3. The monoisotopic (exact) mass is 265 g/mol. The number of nitrogens with one attached hydrogen (secondary N) is 1. The molecule has 100 valence electrons. The number of nitrogens with zero attached hydrogens (tertiary/aromatic N) is 2. The first kappa shape index (κ1) is 13.8. The van der Waals surface area contributed by atoms with Gasteiger partial charge >= 0.3 is 0 Å². The van der Waals surface area contributed by atoms with Crippen molar-refractivity contribution < 1.29 is 4.79 Å². The van der Waals surface area contributed by atoms with E-state index in [9.17, 15) is 4.79 Å². The largest absolute Gasteiger partial charge is 0.352 e. The Morgan fingerprint density at radius 3 is 2.95 bits per heavy atom. The molecule has 0 spiro atoms. The van der Waals surface area contributed by atoms with Crippen molar-refractivity contribution in [1.29, 1.82) is 5.26 Å². The maximum atomic E-state index is 11.9. The van der Waals surface area contributed by atoms with Gasteiger partial charge in [-0.1, -0.05) is 29.8 Å². The van der Waals surface area contributed by atoms with Gasteiger partial charge in [-0.3, -0.25) is 9.78 Å². The van der Waals surface area contributed by atoms with E-state index in [1.54, 1.807) is 0 Å². The summed E-state index contributed by atoms with van der Waals surface area (Å²) in [5.41, 5.74) is 3.19. The van der Waals surface area contributed by atoms with E-state index in [0.717, 1.165) is 6.42 Å². The quantitative estimate of drug-likeness (QED) is 0.922. The molecule has 0 aliphatic carbocycles. The van der Waals surface area contributed by atoms with E-state index >= 15 is 0 Å². The van der Waals surface area contributed by atoms with Crippen molar-refractivity contribution in [3.05, 3.63) is 65.0 Å². The standard InChI is InChI=1S/C16H15N3O/c1-12-3-2-4-13(7-12)5-6-19-16(20)15-8-14(9-17)10-18-11-15/h2-4,7-8,10-11H,5-6H2,1H3,(H,19,20). The highest BCUT2D eigenvalue weighted by atomic mass is 16.1. The van der Waals surface area contributed by atoms with Gasteiger partial charge in [0.2, 0.25) is 0 Å². The summed E-state index contributed by atoms with van der Waals surface area (Å²) in [6, 6.07) is 11.7. The number of hydrogen-bond donors (Lipinski definition) is 1. The van der Waals surface area contributed by atoms with E-state index in [2.05, 4.69) is 16.4 Å². The predicted octanol–water partition coefficient (Wildman–Crippen LogP) is 2.23. The van der Waals surface area contributed by atoms with E-state index in [1.807, 2.05) is 31.2 Å². The second kappa shape index (κ2) is 6.48. The van der Waals surface area contributed by atoms with Crippen molar-refractivity contribution >= 4 is 5.91 Å². The summed E-state index contributed by atoms with van der Waals surface area (Å²) in [6.07, 6.45) is 3.67. The molecule has 1 N–H and O–H groups in total. The van der Waals surface area contributed by atoms with Crippen molar-refractivity contribution in [1.82, 2.24) is 10.3 Å². The minimum absolute atomic E-state index is 0.206. The van der Waals surface area contributed by atoms with Crippen molar-refractivity contribution in [2.45, 2.75) is 13.3 Å². The van der Waals surface area contributed by atoms with Gasteiger partial charge in [-0.05, 0) is 25.0 Å².